The van der Waals surface area contributed by atoms with Crippen LogP contribution in [0.15, 0.2) is 146 Å². The second kappa shape index (κ2) is 16.3. The normalized spacial score (nSPS) is 22.4. The molecule has 2 atom stereocenters. The Morgan fingerprint density at radius 3 is 1.62 bits per heavy atom. The first-order chi connectivity index (χ1) is 25.3. The fourth-order valence-electron chi connectivity index (χ4n) is 10.3. The average molecular weight is 775 g/mol. The van der Waals surface area contributed by atoms with Gasteiger partial charge in [-0.1, -0.05) is 105 Å². The molecule has 4 bridgehead atoms. The van der Waals surface area contributed by atoms with Gasteiger partial charge in [0.15, 0.2) is 0 Å². The first-order valence-corrected chi connectivity index (χ1v) is 21.4. The molecular formula is C48H52FeN2P2-6. The summed E-state index contributed by atoms with van der Waals surface area (Å²) in [6.07, 6.45) is 16.4. The van der Waals surface area contributed by atoms with Crippen LogP contribution in [-0.2, 0) is 28.4 Å². The van der Waals surface area contributed by atoms with E-state index in [0.29, 0.717) is 0 Å². The van der Waals surface area contributed by atoms with Crippen molar-refractivity contribution in [3.63, 3.8) is 0 Å². The van der Waals surface area contributed by atoms with Gasteiger partial charge in [-0.2, -0.15) is 6.07 Å². The summed E-state index contributed by atoms with van der Waals surface area (Å²) in [5.41, 5.74) is 11.4. The summed E-state index contributed by atoms with van der Waals surface area (Å²) in [6, 6.07) is 43.5. The third-order valence-electron chi connectivity index (χ3n) is 12.3. The van der Waals surface area contributed by atoms with E-state index in [1.807, 2.05) is 42.7 Å². The predicted molar refractivity (Wildman–Crippen MR) is 224 cm³/mol. The Hall–Kier alpha value is -3.18. The SMILES string of the molecule is CC(C)(C)P(C[c-]1c(C(P)(c2cccnc2)c2cccnc2)cc(-c2ccccc2)c1-c1ccccc1)C1C2CC3CC(C2)CC1C3.[Fe].[cH-]1[cH-][cH-][cH-][cH-]1. The van der Waals surface area contributed by atoms with E-state index in [1.165, 1.54) is 76.6 Å². The molecule has 4 fully saturated rings. The molecule has 6 aromatic rings. The van der Waals surface area contributed by atoms with Gasteiger partial charge in [0.1, 0.15) is 0 Å². The first-order valence-electron chi connectivity index (χ1n) is 19.3. The van der Waals surface area contributed by atoms with Crippen LogP contribution in [-0.4, -0.2) is 20.8 Å². The summed E-state index contributed by atoms with van der Waals surface area (Å²) in [6.45, 7) is 7.68. The minimum absolute atomic E-state index is 0. The Kier molecular flexibility index (Phi) is 11.7. The summed E-state index contributed by atoms with van der Waals surface area (Å²) < 4.78 is 0. The van der Waals surface area contributed by atoms with Crippen LogP contribution in [0.2, 0.25) is 0 Å². The van der Waals surface area contributed by atoms with E-state index in [-0.39, 0.29) is 30.1 Å². The van der Waals surface area contributed by atoms with E-state index in [1.54, 1.807) is 0 Å². The maximum absolute atomic E-state index is 4.67. The zero-order valence-corrected chi connectivity index (χ0v) is 34.4. The molecule has 0 saturated heterocycles. The third kappa shape index (κ3) is 7.71. The molecule has 53 heavy (non-hydrogen) atoms. The van der Waals surface area contributed by atoms with Crippen LogP contribution in [0, 0.1) is 23.7 Å². The van der Waals surface area contributed by atoms with Crippen LogP contribution in [0.25, 0.3) is 22.3 Å². The van der Waals surface area contributed by atoms with Gasteiger partial charge >= 0.3 is 0 Å². The van der Waals surface area contributed by atoms with Gasteiger partial charge in [0.05, 0.1) is 0 Å². The van der Waals surface area contributed by atoms with Crippen LogP contribution in [0.5, 0.6) is 0 Å². The minimum atomic E-state index is -0.503. The Balaban J connectivity index is 0.000000671. The van der Waals surface area contributed by atoms with E-state index in [9.17, 15) is 0 Å². The molecule has 278 valence electrons. The van der Waals surface area contributed by atoms with Gasteiger partial charge in [0.2, 0.25) is 0 Å². The second-order valence-corrected chi connectivity index (χ2v) is 20.6. The van der Waals surface area contributed by atoms with Gasteiger partial charge in [-0.15, -0.1) is 39.4 Å². The van der Waals surface area contributed by atoms with Crippen molar-refractivity contribution < 1.29 is 17.1 Å². The summed E-state index contributed by atoms with van der Waals surface area (Å²) in [5, 5.41) is -0.256. The quantitative estimate of drug-likeness (QED) is 0.0874. The Labute approximate surface area is 331 Å². The van der Waals surface area contributed by atoms with Gasteiger partial charge in [0.25, 0.3) is 0 Å². The molecule has 4 saturated carbocycles. The van der Waals surface area contributed by atoms with Crippen molar-refractivity contribution >= 4 is 17.2 Å². The van der Waals surface area contributed by atoms with Crippen molar-refractivity contribution in [2.24, 2.45) is 23.7 Å². The molecular weight excluding hydrogens is 722 g/mol. The van der Waals surface area contributed by atoms with Crippen LogP contribution in [0.3, 0.4) is 0 Å². The fraction of sp³-hybridized carbons (Fsp3) is 0.333. The van der Waals surface area contributed by atoms with E-state index in [4.69, 9.17) is 0 Å². The number of hydrogen-bond donors (Lipinski definition) is 0. The van der Waals surface area contributed by atoms with Crippen molar-refractivity contribution in [1.82, 2.24) is 9.97 Å². The summed E-state index contributed by atoms with van der Waals surface area (Å²) in [4.78, 5) is 9.34. The van der Waals surface area contributed by atoms with Gasteiger partial charge in [-0.05, 0) is 96.0 Å². The molecule has 4 aromatic carbocycles. The van der Waals surface area contributed by atoms with E-state index < -0.39 is 5.16 Å². The van der Waals surface area contributed by atoms with E-state index >= 15 is 0 Å². The standard InChI is InChI=1S/C43H47N2P2.C5H5.Fe/c1-42(2,3)47(41-33-21-29-20-30(23-33)24-34(41)22-29)28-38-39(43(46,35-16-10-18-44-26-35)36-17-11-19-45-27-36)25-37(31-12-6-4-7-13-31)40(38)32-14-8-5-9-15-32;1-2-4-5-3-1;/h4-19,25-27,29-30,33-34,41H,20-24,28,46H2,1-3H3;1-5H;/q-1;-5;. The molecule has 0 aliphatic heterocycles. The van der Waals surface area contributed by atoms with Crippen molar-refractivity contribution in [1.29, 1.82) is 0 Å². The van der Waals surface area contributed by atoms with Crippen molar-refractivity contribution in [3.8, 4) is 22.3 Å². The summed E-state index contributed by atoms with van der Waals surface area (Å²) in [7, 11) is 3.00. The van der Waals surface area contributed by atoms with Crippen molar-refractivity contribution in [2.75, 3.05) is 0 Å². The third-order valence-corrected chi connectivity index (χ3v) is 17.2. The topological polar surface area (TPSA) is 25.8 Å². The minimum Gasteiger partial charge on any atom is -0.748 e. The molecule has 2 unspecified atom stereocenters. The van der Waals surface area contributed by atoms with Crippen molar-refractivity contribution in [3.05, 3.63) is 168 Å². The Bertz CT molecular complexity index is 1930. The number of hydrogen-bond acceptors (Lipinski definition) is 2. The van der Waals surface area contributed by atoms with Gasteiger partial charge in [-0.25, -0.2) is 0 Å². The molecule has 0 radical (unpaired) electrons. The second-order valence-electron chi connectivity index (χ2n) is 16.5. The smallest absolute Gasteiger partial charge is 0.0451 e. The predicted octanol–water partition coefficient (Wildman–Crippen LogP) is 12.7. The number of rotatable bonds is 8. The largest absolute Gasteiger partial charge is 0.748 e. The zero-order valence-electron chi connectivity index (χ0n) is 31.3. The monoisotopic (exact) mass is 774 g/mol. The molecule has 0 N–H and O–H groups in total. The number of aromatic nitrogens is 2. The molecule has 2 heterocycles. The molecule has 4 aliphatic carbocycles. The zero-order chi connectivity index (χ0) is 35.7. The van der Waals surface area contributed by atoms with E-state index in [2.05, 4.69) is 143 Å². The average Bonchev–Trinajstić information content (AvgIpc) is 3.88. The van der Waals surface area contributed by atoms with Gasteiger partial charge in [0, 0.05) is 47.0 Å². The molecule has 2 nitrogen and oxygen atoms in total. The number of nitrogens with zero attached hydrogens (tertiary/aromatic N) is 2. The van der Waals surface area contributed by atoms with E-state index in [0.717, 1.165) is 35.5 Å². The Morgan fingerprint density at radius 2 is 1.17 bits per heavy atom. The number of benzene rings is 2. The molecule has 4 aliphatic rings. The van der Waals surface area contributed by atoms with Crippen molar-refractivity contribution in [2.45, 2.75) is 75.0 Å². The molecule has 10 rings (SSSR count). The van der Waals surface area contributed by atoms with Crippen LogP contribution >= 0.6 is 17.2 Å². The molecule has 0 spiro atoms. The van der Waals surface area contributed by atoms with Crippen LogP contribution < -0.4 is 0 Å². The summed E-state index contributed by atoms with van der Waals surface area (Å²) in [5.74, 6) is 3.78. The van der Waals surface area contributed by atoms with Crippen LogP contribution in [0.1, 0.15) is 75.1 Å². The molecule has 5 heteroatoms. The van der Waals surface area contributed by atoms with Gasteiger partial charge in [-0.3, -0.25) is 9.97 Å². The maximum atomic E-state index is 4.67. The fourth-order valence-corrected chi connectivity index (χ4v) is 14.6. The molecule has 2 aromatic heterocycles. The first kappa shape index (κ1) is 38.1. The maximum Gasteiger partial charge on any atom is 0.0451 e. The van der Waals surface area contributed by atoms with Gasteiger partial charge < -0.3 is 30.3 Å². The summed E-state index contributed by atoms with van der Waals surface area (Å²) >= 11 is 0. The Morgan fingerprint density at radius 1 is 0.679 bits per heavy atom. The molecule has 0 amide bonds. The number of pyridine rings is 2. The van der Waals surface area contributed by atoms with Crippen LogP contribution in [0.4, 0.5) is 0 Å².